The first kappa shape index (κ1) is 15.7. The van der Waals surface area contributed by atoms with Gasteiger partial charge in [0.1, 0.15) is 6.04 Å². The Labute approximate surface area is 131 Å². The van der Waals surface area contributed by atoms with Crippen molar-refractivity contribution in [1.29, 1.82) is 0 Å². The van der Waals surface area contributed by atoms with E-state index in [1.54, 1.807) is 0 Å². The van der Waals surface area contributed by atoms with Gasteiger partial charge in [-0.15, -0.1) is 0 Å². The maximum Gasteiger partial charge on any atom is 0.242 e. The van der Waals surface area contributed by atoms with E-state index in [4.69, 9.17) is 4.74 Å². The molecule has 0 aromatic rings. The molecule has 1 aliphatic carbocycles. The van der Waals surface area contributed by atoms with Crippen molar-refractivity contribution in [2.24, 2.45) is 0 Å². The van der Waals surface area contributed by atoms with Crippen LogP contribution in [0.1, 0.15) is 19.8 Å². The molecular weight excluding hydrogens is 284 g/mol. The van der Waals surface area contributed by atoms with Crippen LogP contribution in [0.4, 0.5) is 0 Å². The number of carbonyl (C=O) groups excluding carboxylic acids is 2. The minimum Gasteiger partial charge on any atom is -0.375 e. The summed E-state index contributed by atoms with van der Waals surface area (Å²) in [7, 11) is 0. The summed E-state index contributed by atoms with van der Waals surface area (Å²) < 4.78 is 5.55. The smallest absolute Gasteiger partial charge is 0.242 e. The molecule has 2 heterocycles. The lowest BCUT2D eigenvalue weighted by Crippen LogP contribution is -2.60. The Morgan fingerprint density at radius 2 is 1.95 bits per heavy atom. The first-order valence-corrected chi connectivity index (χ1v) is 8.29. The van der Waals surface area contributed by atoms with Gasteiger partial charge in [0.25, 0.3) is 0 Å². The predicted molar refractivity (Wildman–Crippen MR) is 81.4 cm³/mol. The van der Waals surface area contributed by atoms with Gasteiger partial charge in [-0.05, 0) is 19.8 Å². The van der Waals surface area contributed by atoms with Crippen LogP contribution in [0.5, 0.6) is 0 Å². The molecule has 0 unspecified atom stereocenters. The van der Waals surface area contributed by atoms with Crippen molar-refractivity contribution in [1.82, 2.24) is 20.4 Å². The van der Waals surface area contributed by atoms with Crippen LogP contribution in [0, 0.1) is 0 Å². The summed E-state index contributed by atoms with van der Waals surface area (Å²) in [5.41, 5.74) is 0. The molecule has 7 heteroatoms. The Hall–Kier alpha value is -1.18. The van der Waals surface area contributed by atoms with Crippen molar-refractivity contribution in [3.63, 3.8) is 0 Å². The van der Waals surface area contributed by atoms with Gasteiger partial charge in [-0.1, -0.05) is 0 Å². The van der Waals surface area contributed by atoms with Crippen LogP contribution in [0.15, 0.2) is 0 Å². The molecule has 3 fully saturated rings. The highest BCUT2D eigenvalue weighted by Gasteiger charge is 2.33. The fourth-order valence-corrected chi connectivity index (χ4v) is 3.04. The van der Waals surface area contributed by atoms with Crippen LogP contribution in [0.3, 0.4) is 0 Å². The van der Waals surface area contributed by atoms with Gasteiger partial charge in [-0.3, -0.25) is 14.5 Å². The van der Waals surface area contributed by atoms with Crippen molar-refractivity contribution >= 4 is 11.8 Å². The van der Waals surface area contributed by atoms with Crippen LogP contribution in [-0.2, 0) is 14.3 Å². The maximum atomic E-state index is 12.5. The number of hydrogen-bond acceptors (Lipinski definition) is 5. The standard InChI is InChI=1S/C15H26N4O3/c1-11-14(16-4-9-22-11)15(21)19-7-5-18(6-8-19)10-13(20)17-12-2-3-12/h11-12,14,16H,2-10H2,1H3,(H,17,20)/t11-,14+/m1/s1. The second kappa shape index (κ2) is 6.93. The van der Waals surface area contributed by atoms with Crippen molar-refractivity contribution in [3.8, 4) is 0 Å². The van der Waals surface area contributed by atoms with Gasteiger partial charge < -0.3 is 20.3 Å². The maximum absolute atomic E-state index is 12.5. The van der Waals surface area contributed by atoms with Gasteiger partial charge >= 0.3 is 0 Å². The molecule has 7 nitrogen and oxygen atoms in total. The molecule has 124 valence electrons. The van der Waals surface area contributed by atoms with E-state index in [0.717, 1.165) is 32.5 Å². The van der Waals surface area contributed by atoms with E-state index in [-0.39, 0.29) is 24.0 Å². The highest BCUT2D eigenvalue weighted by Crippen LogP contribution is 2.18. The Bertz CT molecular complexity index is 419. The molecule has 2 saturated heterocycles. The molecule has 0 bridgehead atoms. The Balaban J connectivity index is 1.42. The zero-order valence-corrected chi connectivity index (χ0v) is 13.2. The first-order valence-electron chi connectivity index (χ1n) is 8.29. The van der Waals surface area contributed by atoms with Crippen molar-refractivity contribution < 1.29 is 14.3 Å². The summed E-state index contributed by atoms with van der Waals surface area (Å²) in [6, 6.07) is 0.174. The van der Waals surface area contributed by atoms with E-state index < -0.39 is 0 Å². The van der Waals surface area contributed by atoms with Crippen LogP contribution in [-0.4, -0.2) is 85.7 Å². The third-order valence-corrected chi connectivity index (χ3v) is 4.58. The number of rotatable bonds is 4. The van der Waals surface area contributed by atoms with Crippen molar-refractivity contribution in [3.05, 3.63) is 0 Å². The zero-order valence-electron chi connectivity index (χ0n) is 13.2. The van der Waals surface area contributed by atoms with E-state index >= 15 is 0 Å². The van der Waals surface area contributed by atoms with Crippen molar-refractivity contribution in [2.75, 3.05) is 45.9 Å². The molecule has 2 N–H and O–H groups in total. The lowest BCUT2D eigenvalue weighted by Gasteiger charge is -2.38. The lowest BCUT2D eigenvalue weighted by molar-refractivity contribution is -0.141. The van der Waals surface area contributed by atoms with Gasteiger partial charge in [0, 0.05) is 38.8 Å². The van der Waals surface area contributed by atoms with E-state index in [1.165, 1.54) is 0 Å². The summed E-state index contributed by atoms with van der Waals surface area (Å²) in [5.74, 6) is 0.229. The third-order valence-electron chi connectivity index (χ3n) is 4.58. The van der Waals surface area contributed by atoms with Crippen LogP contribution < -0.4 is 10.6 Å². The minimum absolute atomic E-state index is 0.0800. The summed E-state index contributed by atoms with van der Waals surface area (Å²) in [6.45, 7) is 6.64. The van der Waals surface area contributed by atoms with Crippen LogP contribution >= 0.6 is 0 Å². The number of morpholine rings is 1. The van der Waals surface area contributed by atoms with Crippen LogP contribution in [0.2, 0.25) is 0 Å². The summed E-state index contributed by atoms with van der Waals surface area (Å²) in [6.07, 6.45) is 2.15. The fourth-order valence-electron chi connectivity index (χ4n) is 3.04. The minimum atomic E-state index is -0.238. The third kappa shape index (κ3) is 3.97. The molecule has 0 radical (unpaired) electrons. The summed E-state index contributed by atoms with van der Waals surface area (Å²) >= 11 is 0. The number of ether oxygens (including phenoxy) is 1. The van der Waals surface area contributed by atoms with E-state index in [0.29, 0.717) is 32.3 Å². The number of nitrogens with one attached hydrogen (secondary N) is 2. The number of carbonyl (C=O) groups is 2. The molecule has 1 saturated carbocycles. The average Bonchev–Trinajstić information content (AvgIpc) is 3.31. The normalized spacial score (nSPS) is 30.1. The van der Waals surface area contributed by atoms with Crippen molar-refractivity contribution in [2.45, 2.75) is 38.0 Å². The molecule has 2 amide bonds. The largest absolute Gasteiger partial charge is 0.375 e. The number of piperazine rings is 1. The second-order valence-corrected chi connectivity index (χ2v) is 6.45. The SMILES string of the molecule is C[C@H]1OCCN[C@@H]1C(=O)N1CCN(CC(=O)NC2CC2)CC1. The molecule has 2 aliphatic heterocycles. The van der Waals surface area contributed by atoms with Gasteiger partial charge in [-0.2, -0.15) is 0 Å². The van der Waals surface area contributed by atoms with E-state index in [9.17, 15) is 9.59 Å². The average molecular weight is 310 g/mol. The van der Waals surface area contributed by atoms with Gasteiger partial charge in [0.05, 0.1) is 19.3 Å². The van der Waals surface area contributed by atoms with Gasteiger partial charge in [-0.25, -0.2) is 0 Å². The molecule has 3 rings (SSSR count). The molecule has 3 aliphatic rings. The van der Waals surface area contributed by atoms with E-state index in [1.807, 2.05) is 11.8 Å². The van der Waals surface area contributed by atoms with Gasteiger partial charge in [0.2, 0.25) is 11.8 Å². The molecule has 0 aromatic carbocycles. The number of amides is 2. The Kier molecular flexibility index (Phi) is 4.95. The van der Waals surface area contributed by atoms with Crippen LogP contribution in [0.25, 0.3) is 0 Å². The molecule has 0 spiro atoms. The molecule has 22 heavy (non-hydrogen) atoms. The highest BCUT2D eigenvalue weighted by atomic mass is 16.5. The highest BCUT2D eigenvalue weighted by molar-refractivity contribution is 5.83. The molecule has 0 aromatic heterocycles. The monoisotopic (exact) mass is 310 g/mol. The number of nitrogens with zero attached hydrogens (tertiary/aromatic N) is 2. The lowest BCUT2D eigenvalue weighted by atomic mass is 10.1. The molecule has 2 atom stereocenters. The van der Waals surface area contributed by atoms with E-state index in [2.05, 4.69) is 15.5 Å². The summed E-state index contributed by atoms with van der Waals surface area (Å²) in [5, 5.41) is 6.25. The first-order chi connectivity index (χ1) is 10.6. The Morgan fingerprint density at radius 3 is 2.59 bits per heavy atom. The number of hydrogen-bond donors (Lipinski definition) is 2. The summed E-state index contributed by atoms with van der Waals surface area (Å²) in [4.78, 5) is 28.3. The predicted octanol–water partition coefficient (Wildman–Crippen LogP) is -1.21. The topological polar surface area (TPSA) is 73.9 Å². The second-order valence-electron chi connectivity index (χ2n) is 6.45. The molecular formula is C15H26N4O3. The zero-order chi connectivity index (χ0) is 15.5. The quantitative estimate of drug-likeness (QED) is 0.681. The fraction of sp³-hybridized carbons (Fsp3) is 0.867. The van der Waals surface area contributed by atoms with Gasteiger partial charge in [0.15, 0.2) is 0 Å². The Morgan fingerprint density at radius 1 is 1.23 bits per heavy atom.